The van der Waals surface area contributed by atoms with Gasteiger partial charge in [0.05, 0.1) is 51.1 Å². The van der Waals surface area contributed by atoms with Crippen LogP contribution < -0.4 is 19.9 Å². The molecule has 53 heavy (non-hydrogen) atoms. The lowest BCUT2D eigenvalue weighted by molar-refractivity contribution is -0.131. The van der Waals surface area contributed by atoms with Gasteiger partial charge in [-0.1, -0.05) is 41.4 Å². The van der Waals surface area contributed by atoms with Gasteiger partial charge in [0.15, 0.2) is 11.5 Å². The van der Waals surface area contributed by atoms with Crippen molar-refractivity contribution in [3.8, 4) is 11.5 Å². The third-order valence-corrected chi connectivity index (χ3v) is 13.8. The van der Waals surface area contributed by atoms with Gasteiger partial charge < -0.3 is 15.2 Å². The highest BCUT2D eigenvalue weighted by Gasteiger charge is 2.68. The summed E-state index contributed by atoms with van der Waals surface area (Å²) in [5.74, 6) is -6.24. The van der Waals surface area contributed by atoms with Gasteiger partial charge in [-0.2, -0.15) is 0 Å². The van der Waals surface area contributed by atoms with E-state index in [-0.39, 0.29) is 51.3 Å². The van der Waals surface area contributed by atoms with Crippen LogP contribution in [-0.4, -0.2) is 35.8 Å². The Labute approximate surface area is 326 Å². The molecule has 1 saturated carbocycles. The van der Waals surface area contributed by atoms with E-state index in [0.717, 1.165) is 27.9 Å². The monoisotopic (exact) mass is 861 g/mol. The average Bonchev–Trinajstić information content (AvgIpc) is 3.52. The summed E-state index contributed by atoms with van der Waals surface area (Å²) in [7, 11) is 1.41. The lowest BCUT2D eigenvalue weighted by Gasteiger charge is -2.49. The normalized spacial score (nSPS) is 26.3. The van der Waals surface area contributed by atoms with Crippen LogP contribution in [0.4, 0.5) is 27.1 Å². The van der Waals surface area contributed by atoms with E-state index in [9.17, 15) is 28.7 Å². The molecule has 2 aliphatic carbocycles. The van der Waals surface area contributed by atoms with Gasteiger partial charge in [-0.05, 0) is 124 Å². The highest BCUT2D eigenvalue weighted by Crippen LogP contribution is 2.65. The number of benzene rings is 4. The van der Waals surface area contributed by atoms with Crippen LogP contribution in [0.1, 0.15) is 31.2 Å². The molecule has 2 N–H and O–H groups in total. The number of aromatic hydroxyl groups is 1. The second-order valence-corrected chi connectivity index (χ2v) is 15.9. The standard InChI is InChI=1S/C40H31Br2ClFN3O6/c1-40-27(37(50)47(39(40)52)22-12-15-29(44)28(43)16-22)17-25-23(32(40)26-18-30(53-2)35(48)34(42)33(26)41)13-14-24-31(25)38(51)46(36(24)49)21-10-8-20(9-11-21)45-19-6-4-3-5-7-19/h3-13,15-16,18,24-25,27,31-32,45,48H,14,17H2,1-2H3/t24-,25+,27-,31-,32+,40+/m0/s1. The van der Waals surface area contributed by atoms with Crippen LogP contribution in [0.25, 0.3) is 0 Å². The fourth-order valence-corrected chi connectivity index (χ4v) is 9.97. The molecule has 3 fully saturated rings. The Morgan fingerprint density at radius 3 is 2.23 bits per heavy atom. The molecule has 0 bridgehead atoms. The quantitative estimate of drug-likeness (QED) is 0.147. The van der Waals surface area contributed by atoms with E-state index in [1.807, 2.05) is 48.5 Å². The first-order valence-electron chi connectivity index (χ1n) is 16.9. The number of amides is 4. The Kier molecular flexibility index (Phi) is 8.78. The number of carbonyl (C=O) groups is 4. The molecule has 4 aliphatic rings. The van der Waals surface area contributed by atoms with E-state index >= 15 is 0 Å². The van der Waals surface area contributed by atoms with Crippen molar-refractivity contribution < 1.29 is 33.4 Å². The third-order valence-electron chi connectivity index (χ3n) is 11.3. The highest BCUT2D eigenvalue weighted by molar-refractivity contribution is 9.13. The molecular weight excluding hydrogens is 833 g/mol. The number of hydrogen-bond donors (Lipinski definition) is 2. The first kappa shape index (κ1) is 35.5. The number of methoxy groups -OCH3 is 1. The van der Waals surface area contributed by atoms with Crippen molar-refractivity contribution in [2.45, 2.75) is 25.7 Å². The van der Waals surface area contributed by atoms with E-state index < -0.39 is 52.6 Å². The van der Waals surface area contributed by atoms with Crippen LogP contribution in [0.15, 0.2) is 99.5 Å². The average molecular weight is 864 g/mol. The molecule has 0 radical (unpaired) electrons. The number of phenolic OH excluding ortho intramolecular Hbond substituents is 1. The number of allylic oxidation sites excluding steroid dienone is 2. The van der Waals surface area contributed by atoms with E-state index in [1.165, 1.54) is 24.1 Å². The Balaban J connectivity index is 1.22. The number of fused-ring (bicyclic) bond motifs is 4. The largest absolute Gasteiger partial charge is 0.503 e. The van der Waals surface area contributed by atoms with Gasteiger partial charge in [-0.15, -0.1) is 0 Å². The van der Waals surface area contributed by atoms with Gasteiger partial charge in [0.1, 0.15) is 5.82 Å². The molecule has 0 spiro atoms. The summed E-state index contributed by atoms with van der Waals surface area (Å²) in [6, 6.07) is 22.0. The maximum absolute atomic E-state index is 14.8. The SMILES string of the molecule is COc1cc([C@H]2C3=CC[C@@H]4C(=O)N(c5ccc(Nc6ccccc6)cc5)C(=O)[C@@H]4[C@@H]3C[C@H]3C(=O)N(c4ccc(F)c(Cl)c4)C(=O)[C@@]23C)c(Br)c(Br)c1O. The number of para-hydroxylation sites is 1. The molecular formula is C40H31Br2ClFN3O6. The molecule has 9 nitrogen and oxygen atoms in total. The van der Waals surface area contributed by atoms with Crippen molar-refractivity contribution in [3.63, 3.8) is 0 Å². The fourth-order valence-electron chi connectivity index (χ4n) is 8.84. The first-order valence-corrected chi connectivity index (χ1v) is 18.9. The molecule has 4 aromatic carbocycles. The van der Waals surface area contributed by atoms with Crippen LogP contribution in [0, 0.1) is 34.9 Å². The minimum atomic E-state index is -1.40. The summed E-state index contributed by atoms with van der Waals surface area (Å²) >= 11 is 13.2. The predicted molar refractivity (Wildman–Crippen MR) is 205 cm³/mol. The molecule has 2 aliphatic heterocycles. The maximum atomic E-state index is 14.8. The second-order valence-electron chi connectivity index (χ2n) is 14.0. The summed E-state index contributed by atoms with van der Waals surface area (Å²) in [6.07, 6.45) is 2.31. The van der Waals surface area contributed by atoms with Gasteiger partial charge in [-0.3, -0.25) is 24.1 Å². The van der Waals surface area contributed by atoms with E-state index in [0.29, 0.717) is 15.7 Å². The van der Waals surface area contributed by atoms with Crippen LogP contribution in [0.3, 0.4) is 0 Å². The minimum absolute atomic E-state index is 0.122. The van der Waals surface area contributed by atoms with Crippen LogP contribution in [-0.2, 0) is 19.2 Å². The summed E-state index contributed by atoms with van der Waals surface area (Å²) in [6.45, 7) is 1.73. The molecule has 0 unspecified atom stereocenters. The molecule has 270 valence electrons. The van der Waals surface area contributed by atoms with E-state index in [4.69, 9.17) is 16.3 Å². The van der Waals surface area contributed by atoms with E-state index in [1.54, 1.807) is 25.1 Å². The maximum Gasteiger partial charge on any atom is 0.241 e. The zero-order valence-electron chi connectivity index (χ0n) is 28.3. The molecule has 4 amide bonds. The van der Waals surface area contributed by atoms with Crippen molar-refractivity contribution in [2.24, 2.45) is 29.1 Å². The molecule has 6 atom stereocenters. The van der Waals surface area contributed by atoms with Gasteiger partial charge in [0, 0.05) is 21.8 Å². The zero-order valence-corrected chi connectivity index (χ0v) is 32.2. The summed E-state index contributed by atoms with van der Waals surface area (Å²) < 4.78 is 20.5. The Morgan fingerprint density at radius 1 is 0.868 bits per heavy atom. The topological polar surface area (TPSA) is 116 Å². The molecule has 13 heteroatoms. The molecule has 2 saturated heterocycles. The molecule has 4 aromatic rings. The number of rotatable bonds is 6. The molecule has 2 heterocycles. The number of halogens is 4. The van der Waals surface area contributed by atoms with Crippen LogP contribution in [0.2, 0.25) is 5.02 Å². The number of nitrogens with zero attached hydrogens (tertiary/aromatic N) is 2. The fraction of sp³-hybridized carbons (Fsp3) is 0.250. The molecule has 0 aromatic heterocycles. The molecule has 8 rings (SSSR count). The van der Waals surface area contributed by atoms with Gasteiger partial charge in [0.2, 0.25) is 23.6 Å². The van der Waals surface area contributed by atoms with Crippen molar-refractivity contribution in [2.75, 3.05) is 22.2 Å². The van der Waals surface area contributed by atoms with Crippen molar-refractivity contribution >= 4 is 89.8 Å². The Hall–Kier alpha value is -4.52. The highest BCUT2D eigenvalue weighted by atomic mass is 79.9. The number of nitrogens with one attached hydrogen (secondary N) is 1. The summed E-state index contributed by atoms with van der Waals surface area (Å²) in [5, 5.41) is 13.9. The summed E-state index contributed by atoms with van der Waals surface area (Å²) in [4.78, 5) is 60.2. The van der Waals surface area contributed by atoms with Crippen LogP contribution >= 0.6 is 43.5 Å². The first-order chi connectivity index (χ1) is 25.4. The zero-order chi connectivity index (χ0) is 37.5. The third kappa shape index (κ3) is 5.35. The number of hydrogen-bond acceptors (Lipinski definition) is 7. The van der Waals surface area contributed by atoms with Crippen molar-refractivity contribution in [3.05, 3.63) is 116 Å². The number of ether oxygens (including phenoxy) is 1. The van der Waals surface area contributed by atoms with Gasteiger partial charge >= 0.3 is 0 Å². The lowest BCUT2D eigenvalue weighted by Crippen LogP contribution is -2.49. The second kappa shape index (κ2) is 13.1. The van der Waals surface area contributed by atoms with Gasteiger partial charge in [-0.25, -0.2) is 9.29 Å². The Bertz CT molecular complexity index is 2270. The minimum Gasteiger partial charge on any atom is -0.503 e. The van der Waals surface area contributed by atoms with Crippen molar-refractivity contribution in [1.82, 2.24) is 0 Å². The summed E-state index contributed by atoms with van der Waals surface area (Å²) in [5.41, 5.74) is 2.13. The van der Waals surface area contributed by atoms with E-state index in [2.05, 4.69) is 37.2 Å². The smallest absolute Gasteiger partial charge is 0.241 e. The Morgan fingerprint density at radius 2 is 1.55 bits per heavy atom. The lowest BCUT2D eigenvalue weighted by atomic mass is 9.51. The van der Waals surface area contributed by atoms with Crippen LogP contribution in [0.5, 0.6) is 11.5 Å². The predicted octanol–water partition coefficient (Wildman–Crippen LogP) is 8.90. The number of imide groups is 2. The number of carbonyl (C=O) groups excluding carboxylic acids is 4. The van der Waals surface area contributed by atoms with Crippen molar-refractivity contribution in [1.29, 1.82) is 0 Å². The number of phenols is 1. The van der Waals surface area contributed by atoms with Gasteiger partial charge in [0.25, 0.3) is 0 Å². The number of anilines is 4.